The number of nitrogens with one attached hydrogen (secondary N) is 2. The van der Waals surface area contributed by atoms with Gasteiger partial charge in [0.2, 0.25) is 5.95 Å². The summed E-state index contributed by atoms with van der Waals surface area (Å²) in [6, 6.07) is 7.59. The van der Waals surface area contributed by atoms with Crippen LogP contribution in [0.25, 0.3) is 0 Å². The molecular weight excluding hydrogens is 376 g/mol. The van der Waals surface area contributed by atoms with Crippen molar-refractivity contribution in [3.63, 3.8) is 0 Å². The maximum Gasteiger partial charge on any atom is 0.254 e. The van der Waals surface area contributed by atoms with Gasteiger partial charge < -0.3 is 22.1 Å². The molecule has 0 radical (unpaired) electrons. The van der Waals surface area contributed by atoms with E-state index in [1.54, 1.807) is 0 Å². The number of amides is 1. The summed E-state index contributed by atoms with van der Waals surface area (Å²) in [5.74, 6) is 1.67. The fourth-order valence-electron chi connectivity index (χ4n) is 3.56. The molecule has 2 aromatic rings. The van der Waals surface area contributed by atoms with E-state index < -0.39 is 5.91 Å². The van der Waals surface area contributed by atoms with E-state index in [1.165, 1.54) is 31.9 Å². The van der Waals surface area contributed by atoms with Gasteiger partial charge in [-0.25, -0.2) is 4.98 Å². The Bertz CT molecular complexity index is 807. The Morgan fingerprint density at radius 3 is 2.57 bits per heavy atom. The highest BCUT2D eigenvalue weighted by Crippen LogP contribution is 2.28. The van der Waals surface area contributed by atoms with Crippen LogP contribution in [-0.2, 0) is 6.54 Å². The lowest BCUT2D eigenvalue weighted by atomic mass is 9.82. The van der Waals surface area contributed by atoms with Crippen molar-refractivity contribution < 1.29 is 10.5 Å². The second-order valence-electron chi connectivity index (χ2n) is 7.32. The number of halogens is 1. The van der Waals surface area contributed by atoms with Gasteiger partial charge in [-0.2, -0.15) is 4.98 Å². The Hall–Kier alpha value is -2.38. The number of nitrogens with two attached hydrogens (primary N) is 1. The van der Waals surface area contributed by atoms with Crippen LogP contribution >= 0.6 is 11.6 Å². The molecule has 0 aliphatic heterocycles. The molecule has 7 N–H and O–H groups in total. The number of hydrogen-bond donors (Lipinski definition) is 4. The van der Waals surface area contributed by atoms with Crippen LogP contribution < -0.4 is 22.1 Å². The van der Waals surface area contributed by atoms with Gasteiger partial charge in [-0.1, -0.05) is 29.8 Å². The minimum atomic E-state index is -0.541. The van der Waals surface area contributed by atoms with Gasteiger partial charge >= 0.3 is 0 Å². The van der Waals surface area contributed by atoms with Crippen molar-refractivity contribution in [2.45, 2.75) is 32.2 Å². The predicted octanol–water partition coefficient (Wildman–Crippen LogP) is 2.30. The largest absolute Gasteiger partial charge is 0.369 e. The molecule has 1 aliphatic rings. The Morgan fingerprint density at radius 2 is 1.89 bits per heavy atom. The molecule has 1 aliphatic carbocycles. The first-order chi connectivity index (χ1) is 13.6. The molecule has 0 unspecified atom stereocenters. The number of hydrogen-bond acceptors (Lipinski definition) is 5. The Balaban J connectivity index is 1.64. The highest BCUT2D eigenvalue weighted by molar-refractivity contribution is 6.31. The lowest BCUT2D eigenvalue weighted by Crippen LogP contribution is -2.54. The minimum Gasteiger partial charge on any atom is -0.369 e. The molecule has 7 nitrogen and oxygen atoms in total. The van der Waals surface area contributed by atoms with Crippen LogP contribution in [-0.4, -0.2) is 29.0 Å². The first-order valence-corrected chi connectivity index (χ1v) is 10.1. The number of carbonyl (C=O) groups excluding carboxylic acids is 1. The van der Waals surface area contributed by atoms with Gasteiger partial charge in [0.1, 0.15) is 5.82 Å². The molecule has 0 atom stereocenters. The lowest BCUT2D eigenvalue weighted by Gasteiger charge is -2.27. The van der Waals surface area contributed by atoms with Crippen molar-refractivity contribution in [2.75, 3.05) is 23.7 Å². The van der Waals surface area contributed by atoms with Gasteiger partial charge in [0.25, 0.3) is 5.91 Å². The van der Waals surface area contributed by atoms with E-state index in [1.807, 2.05) is 24.3 Å². The minimum absolute atomic E-state index is 0.301. The zero-order chi connectivity index (χ0) is 19.9. The van der Waals surface area contributed by atoms with E-state index in [2.05, 4.69) is 26.3 Å². The third-order valence-electron chi connectivity index (χ3n) is 5.38. The number of rotatable bonds is 8. The molecular formula is C20H28ClN6O+. The summed E-state index contributed by atoms with van der Waals surface area (Å²) >= 11 is 6.19. The van der Waals surface area contributed by atoms with Crippen molar-refractivity contribution >= 4 is 29.3 Å². The molecule has 1 fully saturated rings. The second kappa shape index (κ2) is 9.71. The maximum atomic E-state index is 11.7. The molecule has 1 aromatic heterocycles. The summed E-state index contributed by atoms with van der Waals surface area (Å²) in [6.45, 7) is 2.27. The molecule has 0 saturated heterocycles. The Labute approximate surface area is 170 Å². The third-order valence-corrected chi connectivity index (χ3v) is 5.75. The zero-order valence-corrected chi connectivity index (χ0v) is 16.7. The van der Waals surface area contributed by atoms with Gasteiger partial charge in [-0.3, -0.25) is 4.79 Å². The van der Waals surface area contributed by atoms with Crippen LogP contribution in [0.4, 0.5) is 11.8 Å². The topological polar surface area (TPSA) is 121 Å². The molecule has 3 rings (SSSR count). The van der Waals surface area contributed by atoms with Gasteiger partial charge in [-0.05, 0) is 43.2 Å². The normalized spacial score (nSPS) is 19.2. The summed E-state index contributed by atoms with van der Waals surface area (Å²) < 4.78 is 0. The van der Waals surface area contributed by atoms with Crippen molar-refractivity contribution in [2.24, 2.45) is 17.6 Å². The van der Waals surface area contributed by atoms with Crippen molar-refractivity contribution in [3.8, 4) is 0 Å². The molecule has 0 spiro atoms. The lowest BCUT2D eigenvalue weighted by molar-refractivity contribution is -0.380. The molecule has 1 aromatic carbocycles. The SMILES string of the molecule is NC(=O)c1cnc(NCc2ccccc2Cl)nc1NCC1CCC(C[NH3+])CC1. The summed E-state index contributed by atoms with van der Waals surface area (Å²) in [4.78, 5) is 20.4. The first-order valence-electron chi connectivity index (χ1n) is 9.74. The number of nitrogens with zero attached hydrogens (tertiary/aromatic N) is 2. The molecule has 1 amide bonds. The van der Waals surface area contributed by atoms with E-state index in [0.717, 1.165) is 24.6 Å². The van der Waals surface area contributed by atoms with Crippen molar-refractivity contribution in [1.29, 1.82) is 0 Å². The van der Waals surface area contributed by atoms with Crippen LogP contribution in [0.15, 0.2) is 30.5 Å². The van der Waals surface area contributed by atoms with Crippen LogP contribution in [0.1, 0.15) is 41.6 Å². The summed E-state index contributed by atoms with van der Waals surface area (Å²) in [5, 5.41) is 7.15. The first kappa shape index (κ1) is 20.4. The fraction of sp³-hybridized carbons (Fsp3) is 0.450. The fourth-order valence-corrected chi connectivity index (χ4v) is 3.77. The Kier molecular flexibility index (Phi) is 7.06. The second-order valence-corrected chi connectivity index (χ2v) is 7.73. The van der Waals surface area contributed by atoms with E-state index in [4.69, 9.17) is 17.3 Å². The molecule has 1 heterocycles. The predicted molar refractivity (Wildman–Crippen MR) is 111 cm³/mol. The number of aromatic nitrogens is 2. The van der Waals surface area contributed by atoms with Crippen LogP contribution in [0, 0.1) is 11.8 Å². The molecule has 8 heteroatoms. The smallest absolute Gasteiger partial charge is 0.254 e. The molecule has 28 heavy (non-hydrogen) atoms. The third kappa shape index (κ3) is 5.33. The average Bonchev–Trinajstić information content (AvgIpc) is 2.72. The maximum absolute atomic E-state index is 11.7. The standard InChI is InChI=1S/C20H27ClN6O/c21-17-4-2-1-3-15(17)11-25-20-26-12-16(18(23)28)19(27-20)24-10-14-7-5-13(9-22)6-8-14/h1-4,12-14H,5-11,22H2,(H2,23,28)(H2,24,25,26,27)/p+1. The van der Waals surface area contributed by atoms with E-state index in [9.17, 15) is 4.79 Å². The molecule has 150 valence electrons. The number of anilines is 2. The highest BCUT2D eigenvalue weighted by atomic mass is 35.5. The van der Waals surface area contributed by atoms with Gasteiger partial charge in [0.05, 0.1) is 12.1 Å². The average molecular weight is 404 g/mol. The van der Waals surface area contributed by atoms with E-state index >= 15 is 0 Å². The molecule has 0 bridgehead atoms. The van der Waals surface area contributed by atoms with Gasteiger partial charge in [0, 0.05) is 30.2 Å². The quantitative estimate of drug-likeness (QED) is 0.539. The number of primary amides is 1. The summed E-state index contributed by atoms with van der Waals surface area (Å²) in [7, 11) is 0. The number of benzene rings is 1. The highest BCUT2D eigenvalue weighted by Gasteiger charge is 2.22. The summed E-state index contributed by atoms with van der Waals surface area (Å²) in [6.07, 6.45) is 6.23. The van der Waals surface area contributed by atoms with Gasteiger partial charge in [-0.15, -0.1) is 0 Å². The van der Waals surface area contributed by atoms with Gasteiger partial charge in [0.15, 0.2) is 0 Å². The van der Waals surface area contributed by atoms with Crippen LogP contribution in [0.3, 0.4) is 0 Å². The van der Waals surface area contributed by atoms with Crippen LogP contribution in [0.2, 0.25) is 5.02 Å². The zero-order valence-electron chi connectivity index (χ0n) is 16.0. The molecule has 1 saturated carbocycles. The van der Waals surface area contributed by atoms with E-state index in [0.29, 0.717) is 34.8 Å². The van der Waals surface area contributed by atoms with Crippen molar-refractivity contribution in [3.05, 3.63) is 46.6 Å². The Morgan fingerprint density at radius 1 is 1.18 bits per heavy atom. The van der Waals surface area contributed by atoms with E-state index in [-0.39, 0.29) is 0 Å². The number of quaternary nitrogens is 1. The monoisotopic (exact) mass is 403 g/mol. The van der Waals surface area contributed by atoms with Crippen LogP contribution in [0.5, 0.6) is 0 Å². The number of carbonyl (C=O) groups is 1. The summed E-state index contributed by atoms with van der Waals surface area (Å²) in [5.41, 5.74) is 10.8. The van der Waals surface area contributed by atoms with Crippen molar-refractivity contribution in [1.82, 2.24) is 9.97 Å².